The molecule has 0 spiro atoms. The third-order valence-electron chi connectivity index (χ3n) is 10.3. The summed E-state index contributed by atoms with van der Waals surface area (Å²) in [4.78, 5) is 0. The number of rotatable bonds is 4. The van der Waals surface area contributed by atoms with Crippen LogP contribution in [0.2, 0.25) is 0 Å². The van der Waals surface area contributed by atoms with Crippen LogP contribution in [0.5, 0.6) is 0 Å². The molecule has 0 aromatic carbocycles. The molecule has 8 atom stereocenters. The number of hydrogen-bond acceptors (Lipinski definition) is 2. The normalized spacial score (nSPS) is 47.2. The molecule has 2 heteroatoms. The van der Waals surface area contributed by atoms with Gasteiger partial charge in [0.25, 0.3) is 0 Å². The minimum absolute atomic E-state index is 0.250. The van der Waals surface area contributed by atoms with E-state index in [-0.39, 0.29) is 5.41 Å². The highest BCUT2D eigenvalue weighted by molar-refractivity contribution is 5.38. The number of aliphatic hydroxyl groups is 2. The fraction of sp³-hybridized carbons (Fsp3) is 0.857. The van der Waals surface area contributed by atoms with Crippen molar-refractivity contribution in [2.45, 2.75) is 111 Å². The van der Waals surface area contributed by atoms with E-state index in [0.29, 0.717) is 23.2 Å². The van der Waals surface area contributed by atoms with Crippen molar-refractivity contribution in [1.82, 2.24) is 0 Å². The maximum Gasteiger partial charge on any atom is 0.0657 e. The molecule has 0 aromatic heterocycles. The van der Waals surface area contributed by atoms with Gasteiger partial charge in [0.05, 0.1) is 11.2 Å². The van der Waals surface area contributed by atoms with Crippen LogP contribution in [0.3, 0.4) is 0 Å². The highest BCUT2D eigenvalue weighted by Crippen LogP contribution is 2.68. The third kappa shape index (κ3) is 3.64. The van der Waals surface area contributed by atoms with E-state index in [0.717, 1.165) is 43.9 Å². The summed E-state index contributed by atoms with van der Waals surface area (Å²) in [5, 5.41) is 21.0. The SMILES string of the molecule is C=C1C=C2C[C@@](C)(O)CC[C@]2(C)[C@H]2CC[C@]3(C)[C@@H]([C@H](C)CCC(C)(C)O)CC[C@H]3[C@H]12. The summed E-state index contributed by atoms with van der Waals surface area (Å²) in [6.07, 6.45) is 12.6. The Morgan fingerprint density at radius 3 is 2.47 bits per heavy atom. The van der Waals surface area contributed by atoms with Gasteiger partial charge in [0, 0.05) is 0 Å². The van der Waals surface area contributed by atoms with Crippen molar-refractivity contribution < 1.29 is 10.2 Å². The van der Waals surface area contributed by atoms with Crippen LogP contribution in [0, 0.1) is 40.4 Å². The topological polar surface area (TPSA) is 40.5 Å². The van der Waals surface area contributed by atoms with Gasteiger partial charge in [-0.2, -0.15) is 0 Å². The first kappa shape index (κ1) is 22.6. The van der Waals surface area contributed by atoms with Gasteiger partial charge in [-0.25, -0.2) is 0 Å². The maximum atomic E-state index is 10.7. The average Bonchev–Trinajstić information content (AvgIpc) is 2.97. The summed E-state index contributed by atoms with van der Waals surface area (Å²) >= 11 is 0. The van der Waals surface area contributed by atoms with E-state index in [1.807, 2.05) is 20.8 Å². The van der Waals surface area contributed by atoms with Crippen molar-refractivity contribution in [1.29, 1.82) is 0 Å². The second kappa shape index (κ2) is 7.20. The minimum Gasteiger partial charge on any atom is -0.390 e. The highest BCUT2D eigenvalue weighted by atomic mass is 16.3. The van der Waals surface area contributed by atoms with Crippen molar-refractivity contribution in [2.75, 3.05) is 0 Å². The van der Waals surface area contributed by atoms with Crippen LogP contribution >= 0.6 is 0 Å². The summed E-state index contributed by atoms with van der Waals surface area (Å²) in [5.41, 5.74) is 2.38. The van der Waals surface area contributed by atoms with Gasteiger partial charge in [-0.15, -0.1) is 0 Å². The van der Waals surface area contributed by atoms with Gasteiger partial charge in [0.2, 0.25) is 0 Å². The third-order valence-corrected chi connectivity index (χ3v) is 10.3. The predicted octanol–water partition coefficient (Wildman–Crippen LogP) is 6.67. The first-order valence-corrected chi connectivity index (χ1v) is 12.6. The van der Waals surface area contributed by atoms with Gasteiger partial charge in [0.1, 0.15) is 0 Å². The van der Waals surface area contributed by atoms with E-state index in [1.165, 1.54) is 36.8 Å². The van der Waals surface area contributed by atoms with Crippen LogP contribution in [-0.2, 0) is 0 Å². The van der Waals surface area contributed by atoms with E-state index in [9.17, 15) is 10.2 Å². The predicted molar refractivity (Wildman–Crippen MR) is 125 cm³/mol. The van der Waals surface area contributed by atoms with Crippen LogP contribution in [-0.4, -0.2) is 21.4 Å². The smallest absolute Gasteiger partial charge is 0.0657 e. The zero-order valence-electron chi connectivity index (χ0n) is 20.4. The minimum atomic E-state index is -0.555. The fourth-order valence-corrected chi connectivity index (χ4v) is 8.48. The van der Waals surface area contributed by atoms with E-state index in [1.54, 1.807) is 0 Å². The summed E-state index contributed by atoms with van der Waals surface area (Å²) in [6, 6.07) is 0. The fourth-order valence-electron chi connectivity index (χ4n) is 8.48. The van der Waals surface area contributed by atoms with Crippen molar-refractivity contribution in [3.05, 3.63) is 23.8 Å². The summed E-state index contributed by atoms with van der Waals surface area (Å²) in [7, 11) is 0. The van der Waals surface area contributed by atoms with Crippen LogP contribution in [0.15, 0.2) is 23.8 Å². The molecule has 0 radical (unpaired) electrons. The molecule has 0 saturated heterocycles. The van der Waals surface area contributed by atoms with E-state index in [4.69, 9.17) is 0 Å². The molecule has 0 amide bonds. The quantitative estimate of drug-likeness (QED) is 0.539. The van der Waals surface area contributed by atoms with Gasteiger partial charge in [0.15, 0.2) is 0 Å². The molecule has 2 N–H and O–H groups in total. The molecule has 0 aliphatic heterocycles. The van der Waals surface area contributed by atoms with Crippen molar-refractivity contribution in [3.63, 3.8) is 0 Å². The summed E-state index contributed by atoms with van der Waals surface area (Å²) < 4.78 is 0. The molecule has 4 aliphatic rings. The molecule has 4 aliphatic carbocycles. The molecule has 0 aromatic rings. The Labute approximate surface area is 185 Å². The largest absolute Gasteiger partial charge is 0.390 e. The lowest BCUT2D eigenvalue weighted by Gasteiger charge is -2.59. The Morgan fingerprint density at radius 2 is 1.80 bits per heavy atom. The van der Waals surface area contributed by atoms with Gasteiger partial charge >= 0.3 is 0 Å². The molecule has 0 unspecified atom stereocenters. The molecule has 3 saturated carbocycles. The van der Waals surface area contributed by atoms with Crippen molar-refractivity contribution in [3.8, 4) is 0 Å². The maximum absolute atomic E-state index is 10.7. The Balaban J connectivity index is 1.58. The second-order valence-electron chi connectivity index (χ2n) is 13.1. The molecular formula is C28H46O2. The summed E-state index contributed by atoms with van der Waals surface area (Å²) in [6.45, 7) is 18.0. The molecule has 2 nitrogen and oxygen atoms in total. The number of hydrogen-bond donors (Lipinski definition) is 2. The first-order chi connectivity index (χ1) is 13.8. The van der Waals surface area contributed by atoms with Gasteiger partial charge in [-0.05, 0) is 119 Å². The van der Waals surface area contributed by atoms with Crippen molar-refractivity contribution in [2.24, 2.45) is 40.4 Å². The second-order valence-corrected chi connectivity index (χ2v) is 13.1. The van der Waals surface area contributed by atoms with E-state index < -0.39 is 11.2 Å². The zero-order chi connectivity index (χ0) is 22.1. The number of fused-ring (bicyclic) bond motifs is 5. The molecule has 3 fully saturated rings. The van der Waals surface area contributed by atoms with Crippen molar-refractivity contribution >= 4 is 0 Å². The molecule has 4 rings (SSSR count). The Morgan fingerprint density at radius 1 is 1.10 bits per heavy atom. The lowest BCUT2D eigenvalue weighted by Crippen LogP contribution is -2.52. The molecule has 170 valence electrons. The molecule has 30 heavy (non-hydrogen) atoms. The van der Waals surface area contributed by atoms with Crippen LogP contribution in [0.1, 0.15) is 99.3 Å². The lowest BCUT2D eigenvalue weighted by molar-refractivity contribution is -0.0583. The van der Waals surface area contributed by atoms with Gasteiger partial charge < -0.3 is 10.2 Å². The van der Waals surface area contributed by atoms with Crippen LogP contribution in [0.25, 0.3) is 0 Å². The lowest BCUT2D eigenvalue weighted by atomic mass is 9.45. The molecule has 0 bridgehead atoms. The Kier molecular flexibility index (Phi) is 5.42. The van der Waals surface area contributed by atoms with Crippen LogP contribution < -0.4 is 0 Å². The molecule has 0 heterocycles. The Bertz CT molecular complexity index is 725. The van der Waals surface area contributed by atoms with Crippen LogP contribution in [0.4, 0.5) is 0 Å². The zero-order valence-corrected chi connectivity index (χ0v) is 20.4. The monoisotopic (exact) mass is 414 g/mol. The summed E-state index contributed by atoms with van der Waals surface area (Å²) in [5.74, 6) is 3.50. The highest BCUT2D eigenvalue weighted by Gasteiger charge is 2.60. The van der Waals surface area contributed by atoms with Gasteiger partial charge in [-0.3, -0.25) is 0 Å². The van der Waals surface area contributed by atoms with Gasteiger partial charge in [-0.1, -0.05) is 44.6 Å². The van der Waals surface area contributed by atoms with E-state index >= 15 is 0 Å². The molecular weight excluding hydrogens is 368 g/mol. The average molecular weight is 415 g/mol. The Hall–Kier alpha value is -0.600. The first-order valence-electron chi connectivity index (χ1n) is 12.6. The standard InChI is InChI=1S/C28H46O2/c1-18(10-12-25(3,4)29)21-8-9-22-24-19(2)16-20-17-26(5,30)14-15-27(20,6)23(24)11-13-28(21,22)7/h16,18,21-24,29-30H,2,8-15,17H2,1,3-7H3/t18-,21-,22+,23+,24+,26+,27+,28-/m1/s1. The number of allylic oxidation sites excluding steroid dienone is 2. The van der Waals surface area contributed by atoms with E-state index in [2.05, 4.69) is 33.4 Å².